The summed E-state index contributed by atoms with van der Waals surface area (Å²) in [6.07, 6.45) is 5.26. The van der Waals surface area contributed by atoms with Crippen molar-refractivity contribution in [2.24, 2.45) is 0 Å². The summed E-state index contributed by atoms with van der Waals surface area (Å²) in [5.41, 5.74) is 0. The van der Waals surface area contributed by atoms with Crippen molar-refractivity contribution < 1.29 is 4.84 Å². The van der Waals surface area contributed by atoms with E-state index < -0.39 is 0 Å². The molecule has 2 rings (SSSR count). The summed E-state index contributed by atoms with van der Waals surface area (Å²) in [5.74, 6) is 0. The summed E-state index contributed by atoms with van der Waals surface area (Å²) in [4.78, 5) is 8.44. The van der Waals surface area contributed by atoms with Crippen molar-refractivity contribution in [3.63, 3.8) is 0 Å². The fourth-order valence-corrected chi connectivity index (χ4v) is 2.73. The van der Waals surface area contributed by atoms with Gasteiger partial charge in [0.05, 0.1) is 6.61 Å². The average Bonchev–Trinajstić information content (AvgIpc) is 2.86. The molecule has 2 heterocycles. The second-order valence-electron chi connectivity index (χ2n) is 5.06. The number of hydrogen-bond acceptors (Lipinski definition) is 3. The van der Waals surface area contributed by atoms with Crippen LogP contribution in [0.15, 0.2) is 0 Å². The first-order valence-corrected chi connectivity index (χ1v) is 6.41. The Balaban J connectivity index is 1.73. The highest BCUT2D eigenvalue weighted by Gasteiger charge is 2.27. The van der Waals surface area contributed by atoms with Crippen molar-refractivity contribution in [1.82, 2.24) is 9.96 Å². The molecule has 2 aliphatic rings. The van der Waals surface area contributed by atoms with Crippen molar-refractivity contribution >= 4 is 0 Å². The van der Waals surface area contributed by atoms with E-state index in [1.807, 2.05) is 0 Å². The summed E-state index contributed by atoms with van der Waals surface area (Å²) in [6, 6.07) is 1.32. The zero-order valence-electron chi connectivity index (χ0n) is 10.1. The number of nitrogens with zero attached hydrogens (tertiary/aromatic N) is 2. The van der Waals surface area contributed by atoms with E-state index in [1.165, 1.54) is 32.2 Å². The van der Waals surface area contributed by atoms with Gasteiger partial charge in [-0.05, 0) is 46.1 Å². The van der Waals surface area contributed by atoms with Crippen molar-refractivity contribution in [3.05, 3.63) is 0 Å². The van der Waals surface area contributed by atoms with Crippen LogP contribution in [0.2, 0.25) is 0 Å². The molecule has 2 fully saturated rings. The predicted molar refractivity (Wildman–Crippen MR) is 61.6 cm³/mol. The molecule has 0 aromatic carbocycles. The Bertz CT molecular complexity index is 190. The molecule has 0 aromatic rings. The van der Waals surface area contributed by atoms with Crippen molar-refractivity contribution in [2.75, 3.05) is 26.2 Å². The van der Waals surface area contributed by atoms with Gasteiger partial charge in [0.2, 0.25) is 0 Å². The largest absolute Gasteiger partial charge is 0.297 e. The summed E-state index contributed by atoms with van der Waals surface area (Å²) in [5, 5.41) is 2.15. The lowest BCUT2D eigenvalue weighted by atomic mass is 10.2. The van der Waals surface area contributed by atoms with Crippen molar-refractivity contribution in [1.29, 1.82) is 0 Å². The number of hydroxylamine groups is 2. The first-order chi connectivity index (χ1) is 7.27. The first-order valence-electron chi connectivity index (χ1n) is 6.41. The minimum Gasteiger partial charge on any atom is -0.297 e. The SMILES string of the molecule is CC(C)N1CCCC1CON1CCCC1. The molecule has 0 amide bonds. The quantitative estimate of drug-likeness (QED) is 0.708. The van der Waals surface area contributed by atoms with Crippen molar-refractivity contribution in [2.45, 2.75) is 51.6 Å². The highest BCUT2D eigenvalue weighted by molar-refractivity contribution is 4.81. The molecule has 2 saturated heterocycles. The van der Waals surface area contributed by atoms with Crippen LogP contribution in [0.5, 0.6) is 0 Å². The van der Waals surface area contributed by atoms with Crippen LogP contribution in [0.1, 0.15) is 39.5 Å². The normalized spacial score (nSPS) is 29.4. The second-order valence-corrected chi connectivity index (χ2v) is 5.06. The molecule has 0 bridgehead atoms. The Hall–Kier alpha value is -0.120. The number of likely N-dealkylation sites (tertiary alicyclic amines) is 1. The maximum Gasteiger partial charge on any atom is 0.0840 e. The Kier molecular flexibility index (Phi) is 4.00. The van der Waals surface area contributed by atoms with Gasteiger partial charge in [-0.1, -0.05) is 0 Å². The summed E-state index contributed by atoms with van der Waals surface area (Å²) in [7, 11) is 0. The molecular formula is C12H24N2O. The van der Waals surface area contributed by atoms with Gasteiger partial charge in [-0.3, -0.25) is 9.74 Å². The standard InChI is InChI=1S/C12H24N2O/c1-11(2)14-9-5-6-12(14)10-15-13-7-3-4-8-13/h11-12H,3-10H2,1-2H3. The Morgan fingerprint density at radius 3 is 2.53 bits per heavy atom. The van der Waals surface area contributed by atoms with E-state index in [4.69, 9.17) is 4.84 Å². The van der Waals surface area contributed by atoms with E-state index in [9.17, 15) is 0 Å². The number of rotatable bonds is 4. The van der Waals surface area contributed by atoms with Crippen LogP contribution < -0.4 is 0 Å². The van der Waals surface area contributed by atoms with E-state index in [0.717, 1.165) is 19.7 Å². The highest BCUT2D eigenvalue weighted by Crippen LogP contribution is 2.21. The van der Waals surface area contributed by atoms with E-state index in [-0.39, 0.29) is 0 Å². The van der Waals surface area contributed by atoms with Gasteiger partial charge in [-0.2, -0.15) is 5.06 Å². The van der Waals surface area contributed by atoms with E-state index in [1.54, 1.807) is 0 Å². The molecule has 88 valence electrons. The lowest BCUT2D eigenvalue weighted by molar-refractivity contribution is -0.156. The average molecular weight is 212 g/mol. The van der Waals surface area contributed by atoms with E-state index in [2.05, 4.69) is 23.8 Å². The molecule has 1 atom stereocenters. The van der Waals surface area contributed by atoms with Gasteiger partial charge in [0.1, 0.15) is 0 Å². The topological polar surface area (TPSA) is 15.7 Å². The Morgan fingerprint density at radius 2 is 1.87 bits per heavy atom. The molecule has 15 heavy (non-hydrogen) atoms. The fourth-order valence-electron chi connectivity index (χ4n) is 2.73. The molecular weight excluding hydrogens is 188 g/mol. The van der Waals surface area contributed by atoms with Crippen LogP contribution >= 0.6 is 0 Å². The molecule has 3 heteroatoms. The zero-order valence-corrected chi connectivity index (χ0v) is 10.1. The molecule has 3 nitrogen and oxygen atoms in total. The molecule has 1 unspecified atom stereocenters. The fraction of sp³-hybridized carbons (Fsp3) is 1.00. The van der Waals surface area contributed by atoms with Crippen molar-refractivity contribution in [3.8, 4) is 0 Å². The maximum atomic E-state index is 5.86. The third-order valence-corrected chi connectivity index (χ3v) is 3.60. The van der Waals surface area contributed by atoms with Gasteiger partial charge in [0, 0.05) is 25.2 Å². The second kappa shape index (κ2) is 5.28. The summed E-state index contributed by atoms with van der Waals surface area (Å²) in [6.45, 7) is 9.00. The van der Waals surface area contributed by atoms with Gasteiger partial charge >= 0.3 is 0 Å². The van der Waals surface area contributed by atoms with Gasteiger partial charge in [-0.15, -0.1) is 0 Å². The van der Waals surface area contributed by atoms with Gasteiger partial charge in [0.25, 0.3) is 0 Å². The van der Waals surface area contributed by atoms with Crippen LogP contribution in [0, 0.1) is 0 Å². The minimum atomic E-state index is 0.658. The third-order valence-electron chi connectivity index (χ3n) is 3.60. The molecule has 0 saturated carbocycles. The van der Waals surface area contributed by atoms with Crippen LogP contribution in [-0.4, -0.2) is 48.3 Å². The number of hydrogen-bond donors (Lipinski definition) is 0. The minimum absolute atomic E-state index is 0.658. The maximum absolute atomic E-state index is 5.86. The Labute approximate surface area is 93.3 Å². The van der Waals surface area contributed by atoms with Crippen LogP contribution in [0.4, 0.5) is 0 Å². The third kappa shape index (κ3) is 2.92. The molecule has 0 N–H and O–H groups in total. The smallest absolute Gasteiger partial charge is 0.0840 e. The monoisotopic (exact) mass is 212 g/mol. The van der Waals surface area contributed by atoms with E-state index >= 15 is 0 Å². The first kappa shape index (κ1) is 11.4. The molecule has 2 aliphatic heterocycles. The van der Waals surface area contributed by atoms with Gasteiger partial charge in [-0.25, -0.2) is 0 Å². The van der Waals surface area contributed by atoms with Crippen LogP contribution in [0.3, 0.4) is 0 Å². The summed E-state index contributed by atoms with van der Waals surface area (Å²) < 4.78 is 0. The highest BCUT2D eigenvalue weighted by atomic mass is 16.7. The molecule has 0 spiro atoms. The zero-order chi connectivity index (χ0) is 10.7. The Morgan fingerprint density at radius 1 is 1.13 bits per heavy atom. The molecule has 0 aliphatic carbocycles. The lowest BCUT2D eigenvalue weighted by Gasteiger charge is -2.29. The summed E-state index contributed by atoms with van der Waals surface area (Å²) >= 11 is 0. The lowest BCUT2D eigenvalue weighted by Crippen LogP contribution is -2.39. The van der Waals surface area contributed by atoms with E-state index in [0.29, 0.717) is 12.1 Å². The predicted octanol–water partition coefficient (Wildman–Crippen LogP) is 1.89. The van der Waals surface area contributed by atoms with Gasteiger partial charge < -0.3 is 0 Å². The van der Waals surface area contributed by atoms with Crippen LogP contribution in [-0.2, 0) is 4.84 Å². The van der Waals surface area contributed by atoms with Crippen LogP contribution in [0.25, 0.3) is 0 Å². The van der Waals surface area contributed by atoms with Gasteiger partial charge in [0.15, 0.2) is 0 Å². The molecule has 0 radical (unpaired) electrons. The molecule has 0 aromatic heterocycles.